The van der Waals surface area contributed by atoms with Gasteiger partial charge in [0.2, 0.25) is 5.91 Å². The molecule has 3 amide bonds. The van der Waals surface area contributed by atoms with Gasteiger partial charge in [-0.25, -0.2) is 4.79 Å². The molecular formula is C30H30ClN3O5. The lowest BCUT2D eigenvalue weighted by atomic mass is 10.00. The van der Waals surface area contributed by atoms with Crippen molar-refractivity contribution in [3.63, 3.8) is 0 Å². The normalized spacial score (nSPS) is 20.5. The minimum Gasteiger partial charge on any atom is -0.438 e. The van der Waals surface area contributed by atoms with Gasteiger partial charge in [0.15, 0.2) is 12.1 Å². The van der Waals surface area contributed by atoms with E-state index in [4.69, 9.17) is 21.1 Å². The first kappa shape index (κ1) is 26.7. The van der Waals surface area contributed by atoms with Crippen molar-refractivity contribution in [1.29, 1.82) is 0 Å². The molecule has 9 heteroatoms. The average molecular weight is 548 g/mol. The number of carbonyl (C=O) groups is 3. The molecule has 0 aromatic heterocycles. The fourth-order valence-corrected chi connectivity index (χ4v) is 5.00. The minimum atomic E-state index is -0.868. The molecule has 39 heavy (non-hydrogen) atoms. The van der Waals surface area contributed by atoms with Crippen molar-refractivity contribution in [3.8, 4) is 0 Å². The van der Waals surface area contributed by atoms with Crippen LogP contribution in [-0.2, 0) is 20.8 Å². The third-order valence-electron chi connectivity index (χ3n) is 6.94. The molecule has 2 saturated heterocycles. The Hall–Kier alpha value is -3.88. The highest BCUT2D eigenvalue weighted by molar-refractivity contribution is 6.31. The van der Waals surface area contributed by atoms with Crippen molar-refractivity contribution >= 4 is 35.2 Å². The van der Waals surface area contributed by atoms with E-state index in [-0.39, 0.29) is 24.5 Å². The number of carbonyl (C=O) groups excluding carboxylic acids is 3. The number of nitrogens with zero attached hydrogens (tertiary/aromatic N) is 1. The molecule has 2 fully saturated rings. The highest BCUT2D eigenvalue weighted by atomic mass is 35.5. The zero-order valence-electron chi connectivity index (χ0n) is 21.6. The molecule has 2 aliphatic heterocycles. The van der Waals surface area contributed by atoms with Crippen LogP contribution in [0.4, 0.5) is 10.5 Å². The second-order valence-electron chi connectivity index (χ2n) is 9.83. The van der Waals surface area contributed by atoms with Crippen molar-refractivity contribution in [1.82, 2.24) is 10.2 Å². The Morgan fingerprint density at radius 1 is 1.05 bits per heavy atom. The average Bonchev–Trinajstić information content (AvgIpc) is 3.57. The van der Waals surface area contributed by atoms with E-state index in [0.29, 0.717) is 35.0 Å². The highest BCUT2D eigenvalue weighted by Crippen LogP contribution is 2.34. The Morgan fingerprint density at radius 2 is 1.82 bits per heavy atom. The van der Waals surface area contributed by atoms with E-state index in [9.17, 15) is 14.4 Å². The van der Waals surface area contributed by atoms with Gasteiger partial charge >= 0.3 is 6.09 Å². The molecule has 2 N–H and O–H groups in total. The molecule has 3 atom stereocenters. The highest BCUT2D eigenvalue weighted by Gasteiger charge is 2.47. The monoisotopic (exact) mass is 547 g/mol. The van der Waals surface area contributed by atoms with Gasteiger partial charge in [0.1, 0.15) is 0 Å². The smallest absolute Gasteiger partial charge is 0.411 e. The lowest BCUT2D eigenvalue weighted by Crippen LogP contribution is -2.47. The van der Waals surface area contributed by atoms with E-state index in [0.717, 1.165) is 24.0 Å². The molecule has 2 heterocycles. The number of anilines is 1. The molecule has 2 aliphatic rings. The van der Waals surface area contributed by atoms with Crippen molar-refractivity contribution in [2.45, 2.75) is 44.6 Å². The largest absolute Gasteiger partial charge is 0.438 e. The molecule has 0 unspecified atom stereocenters. The molecule has 0 spiro atoms. The summed E-state index contributed by atoms with van der Waals surface area (Å²) in [7, 11) is 0. The number of hydrogen-bond acceptors (Lipinski definition) is 5. The number of aryl methyl sites for hydroxylation is 1. The van der Waals surface area contributed by atoms with Crippen LogP contribution in [0.15, 0.2) is 72.8 Å². The topological polar surface area (TPSA) is 97.0 Å². The summed E-state index contributed by atoms with van der Waals surface area (Å²) in [4.78, 5) is 40.6. The molecule has 3 aromatic carbocycles. The summed E-state index contributed by atoms with van der Waals surface area (Å²) in [5.74, 6) is -0.597. The van der Waals surface area contributed by atoms with Crippen molar-refractivity contribution < 1.29 is 23.9 Å². The zero-order chi connectivity index (χ0) is 27.4. The van der Waals surface area contributed by atoms with Crippen LogP contribution in [0.25, 0.3) is 0 Å². The van der Waals surface area contributed by atoms with E-state index >= 15 is 0 Å². The fourth-order valence-electron chi connectivity index (χ4n) is 4.81. The SMILES string of the molecule is Cc1ccc(CN2C(=O)O[C@H](c3ccc(NC(=O)c4cccc(Cl)c4)cc3)[C@@H]2C(=O)NC[C@H]2CCCO2)cc1. The molecule has 0 saturated carbocycles. The molecule has 5 rings (SSSR count). The van der Waals surface area contributed by atoms with Gasteiger partial charge < -0.3 is 20.1 Å². The quantitative estimate of drug-likeness (QED) is 0.401. The maximum absolute atomic E-state index is 13.5. The van der Waals surface area contributed by atoms with Crippen LogP contribution in [0.1, 0.15) is 46.0 Å². The summed E-state index contributed by atoms with van der Waals surface area (Å²) in [5, 5.41) is 6.27. The standard InChI is InChI=1S/C30H30ClN3O5/c1-19-7-9-20(10-8-19)18-34-26(29(36)32-17-25-6-3-15-38-25)27(39-30(34)37)21-11-13-24(14-12-21)33-28(35)22-4-2-5-23(31)16-22/h2,4-5,7-14,16,25-27H,3,6,15,17-18H2,1H3,(H,32,36)(H,33,35)/t25-,26-,27-/m1/s1. The summed E-state index contributed by atoms with van der Waals surface area (Å²) < 4.78 is 11.4. The maximum atomic E-state index is 13.5. The maximum Gasteiger partial charge on any atom is 0.411 e. The van der Waals surface area contributed by atoms with Crippen molar-refractivity contribution in [2.24, 2.45) is 0 Å². The molecule has 3 aromatic rings. The van der Waals surface area contributed by atoms with Crippen LogP contribution >= 0.6 is 11.6 Å². The number of amides is 3. The van der Waals surface area contributed by atoms with E-state index in [1.165, 1.54) is 4.90 Å². The lowest BCUT2D eigenvalue weighted by Gasteiger charge is -2.25. The lowest BCUT2D eigenvalue weighted by molar-refractivity contribution is -0.126. The van der Waals surface area contributed by atoms with Crippen LogP contribution < -0.4 is 10.6 Å². The Labute approximate surface area is 232 Å². The van der Waals surface area contributed by atoms with Gasteiger partial charge in [0, 0.05) is 29.4 Å². The van der Waals surface area contributed by atoms with Crippen LogP contribution in [-0.4, -0.2) is 48.1 Å². The molecule has 0 radical (unpaired) electrons. The van der Waals surface area contributed by atoms with Crippen molar-refractivity contribution in [3.05, 3.63) is 100 Å². The predicted molar refractivity (Wildman–Crippen MR) is 148 cm³/mol. The summed E-state index contributed by atoms with van der Waals surface area (Å²) in [6.07, 6.45) is 0.451. The second-order valence-corrected chi connectivity index (χ2v) is 10.3. The van der Waals surface area contributed by atoms with Gasteiger partial charge in [-0.1, -0.05) is 59.6 Å². The second kappa shape index (κ2) is 11.9. The number of nitrogens with one attached hydrogen (secondary N) is 2. The number of cyclic esters (lactones) is 1. The first-order valence-corrected chi connectivity index (χ1v) is 13.3. The van der Waals surface area contributed by atoms with Crippen LogP contribution in [0.5, 0.6) is 0 Å². The van der Waals surface area contributed by atoms with Crippen LogP contribution in [0, 0.1) is 6.92 Å². The first-order valence-electron chi connectivity index (χ1n) is 13.0. The number of benzene rings is 3. The van der Waals surface area contributed by atoms with Gasteiger partial charge in [-0.15, -0.1) is 0 Å². The number of rotatable bonds is 8. The Bertz CT molecular complexity index is 1340. The van der Waals surface area contributed by atoms with Gasteiger partial charge in [-0.3, -0.25) is 14.5 Å². The van der Waals surface area contributed by atoms with Gasteiger partial charge in [0.05, 0.1) is 12.6 Å². The fraction of sp³-hybridized carbons (Fsp3) is 0.300. The summed E-state index contributed by atoms with van der Waals surface area (Å²) in [5.41, 5.74) is 3.64. The van der Waals surface area contributed by atoms with E-state index in [1.807, 2.05) is 31.2 Å². The Kier molecular flexibility index (Phi) is 8.14. The zero-order valence-corrected chi connectivity index (χ0v) is 22.3. The third kappa shape index (κ3) is 6.41. The number of ether oxygens (including phenoxy) is 2. The van der Waals surface area contributed by atoms with Gasteiger partial charge in [-0.2, -0.15) is 0 Å². The molecule has 0 aliphatic carbocycles. The minimum absolute atomic E-state index is 0.0293. The Morgan fingerprint density at radius 3 is 2.51 bits per heavy atom. The molecule has 202 valence electrons. The van der Waals surface area contributed by atoms with E-state index in [2.05, 4.69) is 10.6 Å². The molecular weight excluding hydrogens is 518 g/mol. The third-order valence-corrected chi connectivity index (χ3v) is 7.17. The van der Waals surface area contributed by atoms with Gasteiger partial charge in [0.25, 0.3) is 5.91 Å². The van der Waals surface area contributed by atoms with E-state index in [1.54, 1.807) is 48.5 Å². The van der Waals surface area contributed by atoms with E-state index < -0.39 is 18.2 Å². The molecule has 8 nitrogen and oxygen atoms in total. The van der Waals surface area contributed by atoms with Crippen LogP contribution in [0.2, 0.25) is 5.02 Å². The predicted octanol–water partition coefficient (Wildman–Crippen LogP) is 5.26. The summed E-state index contributed by atoms with van der Waals surface area (Å²) in [6, 6.07) is 20.6. The summed E-state index contributed by atoms with van der Waals surface area (Å²) >= 11 is 6.00. The summed E-state index contributed by atoms with van der Waals surface area (Å²) in [6.45, 7) is 3.30. The number of halogens is 1. The van der Waals surface area contributed by atoms with Crippen molar-refractivity contribution in [2.75, 3.05) is 18.5 Å². The number of hydrogen-bond donors (Lipinski definition) is 2. The Balaban J connectivity index is 1.34. The van der Waals surface area contributed by atoms with Crippen LogP contribution in [0.3, 0.4) is 0 Å². The first-order chi connectivity index (χ1) is 18.9. The van der Waals surface area contributed by atoms with Gasteiger partial charge in [-0.05, 0) is 61.2 Å². The molecule has 0 bridgehead atoms.